The first-order valence-corrected chi connectivity index (χ1v) is 4.64. The highest BCUT2D eigenvalue weighted by molar-refractivity contribution is 9.10. The van der Waals surface area contributed by atoms with Gasteiger partial charge in [-0.05, 0) is 28.8 Å². The SMILES string of the molecule is Brc1cc(N2CCCC2)co1. The van der Waals surface area contributed by atoms with E-state index in [1.165, 1.54) is 31.6 Å². The van der Waals surface area contributed by atoms with Crippen LogP contribution >= 0.6 is 15.9 Å². The summed E-state index contributed by atoms with van der Waals surface area (Å²) in [5, 5.41) is 0. The lowest BCUT2D eigenvalue weighted by atomic mass is 10.4. The smallest absolute Gasteiger partial charge is 0.171 e. The molecule has 0 saturated carbocycles. The Morgan fingerprint density at radius 3 is 2.64 bits per heavy atom. The quantitative estimate of drug-likeness (QED) is 0.717. The van der Waals surface area contributed by atoms with Gasteiger partial charge in [-0.2, -0.15) is 0 Å². The molecule has 0 radical (unpaired) electrons. The Morgan fingerprint density at radius 2 is 2.09 bits per heavy atom. The molecule has 1 aromatic rings. The maximum absolute atomic E-state index is 5.15. The van der Waals surface area contributed by atoms with Gasteiger partial charge in [0.15, 0.2) is 4.67 Å². The van der Waals surface area contributed by atoms with Crippen LogP contribution in [0.5, 0.6) is 0 Å². The maximum atomic E-state index is 5.15. The minimum absolute atomic E-state index is 0.819. The Labute approximate surface area is 74.3 Å². The second-order valence-corrected chi connectivity index (χ2v) is 3.58. The number of nitrogens with zero attached hydrogens (tertiary/aromatic N) is 1. The van der Waals surface area contributed by atoms with Crippen LogP contribution < -0.4 is 4.90 Å². The zero-order chi connectivity index (χ0) is 7.68. The molecule has 1 aromatic heterocycles. The van der Waals surface area contributed by atoms with E-state index >= 15 is 0 Å². The van der Waals surface area contributed by atoms with Gasteiger partial charge in [-0.1, -0.05) is 0 Å². The van der Waals surface area contributed by atoms with Crippen molar-refractivity contribution in [2.24, 2.45) is 0 Å². The van der Waals surface area contributed by atoms with E-state index in [4.69, 9.17) is 4.42 Å². The second-order valence-electron chi connectivity index (χ2n) is 2.80. The minimum atomic E-state index is 0.819. The van der Waals surface area contributed by atoms with E-state index in [9.17, 15) is 0 Å². The van der Waals surface area contributed by atoms with Gasteiger partial charge in [0.05, 0.1) is 5.69 Å². The van der Waals surface area contributed by atoms with Gasteiger partial charge in [-0.3, -0.25) is 0 Å². The summed E-state index contributed by atoms with van der Waals surface area (Å²) >= 11 is 3.29. The molecule has 0 aliphatic carbocycles. The molecule has 60 valence electrons. The molecule has 2 rings (SSSR count). The van der Waals surface area contributed by atoms with Gasteiger partial charge in [0.1, 0.15) is 6.26 Å². The van der Waals surface area contributed by atoms with Crippen molar-refractivity contribution in [2.75, 3.05) is 18.0 Å². The molecule has 1 aliphatic heterocycles. The third-order valence-electron chi connectivity index (χ3n) is 2.02. The van der Waals surface area contributed by atoms with E-state index in [1.54, 1.807) is 6.26 Å². The van der Waals surface area contributed by atoms with Gasteiger partial charge in [-0.15, -0.1) is 0 Å². The van der Waals surface area contributed by atoms with Crippen molar-refractivity contribution in [3.8, 4) is 0 Å². The summed E-state index contributed by atoms with van der Waals surface area (Å²) in [5.41, 5.74) is 1.20. The van der Waals surface area contributed by atoms with Crippen LogP contribution in [0.15, 0.2) is 21.4 Å². The summed E-state index contributed by atoms with van der Waals surface area (Å²) in [6, 6.07) is 2.02. The topological polar surface area (TPSA) is 16.4 Å². The van der Waals surface area contributed by atoms with Crippen LogP contribution in [0.2, 0.25) is 0 Å². The van der Waals surface area contributed by atoms with Gasteiger partial charge in [0.2, 0.25) is 0 Å². The molecule has 0 aromatic carbocycles. The lowest BCUT2D eigenvalue weighted by Crippen LogP contribution is -2.16. The van der Waals surface area contributed by atoms with Crippen molar-refractivity contribution < 1.29 is 4.42 Å². The van der Waals surface area contributed by atoms with E-state index in [0.29, 0.717) is 0 Å². The van der Waals surface area contributed by atoms with E-state index in [0.717, 1.165) is 4.67 Å². The number of anilines is 1. The van der Waals surface area contributed by atoms with E-state index in [-0.39, 0.29) is 0 Å². The third kappa shape index (κ3) is 1.43. The fraction of sp³-hybridized carbons (Fsp3) is 0.500. The summed E-state index contributed by atoms with van der Waals surface area (Å²) in [6.07, 6.45) is 4.42. The fourth-order valence-electron chi connectivity index (χ4n) is 1.44. The first-order chi connectivity index (χ1) is 5.36. The lowest BCUT2D eigenvalue weighted by Gasteiger charge is -2.13. The predicted molar refractivity (Wildman–Crippen MR) is 47.9 cm³/mol. The zero-order valence-electron chi connectivity index (χ0n) is 6.22. The molecule has 0 bridgehead atoms. The number of hydrogen-bond acceptors (Lipinski definition) is 2. The second kappa shape index (κ2) is 2.89. The van der Waals surface area contributed by atoms with Crippen LogP contribution in [-0.4, -0.2) is 13.1 Å². The van der Waals surface area contributed by atoms with Crippen molar-refractivity contribution in [2.45, 2.75) is 12.8 Å². The third-order valence-corrected chi connectivity index (χ3v) is 2.44. The molecule has 0 amide bonds. The van der Waals surface area contributed by atoms with Gasteiger partial charge < -0.3 is 9.32 Å². The lowest BCUT2D eigenvalue weighted by molar-refractivity contribution is 0.541. The molecule has 11 heavy (non-hydrogen) atoms. The Bertz CT molecular complexity index is 240. The van der Waals surface area contributed by atoms with Gasteiger partial charge in [-0.25, -0.2) is 0 Å². The molecule has 2 nitrogen and oxygen atoms in total. The summed E-state index contributed by atoms with van der Waals surface area (Å²) in [4.78, 5) is 2.34. The van der Waals surface area contributed by atoms with E-state index in [2.05, 4.69) is 20.8 Å². The number of rotatable bonds is 1. The Hall–Kier alpha value is -0.440. The molecule has 0 unspecified atom stereocenters. The maximum Gasteiger partial charge on any atom is 0.171 e. The summed E-state index contributed by atoms with van der Waals surface area (Å²) < 4.78 is 5.97. The summed E-state index contributed by atoms with van der Waals surface area (Å²) in [7, 11) is 0. The van der Waals surface area contributed by atoms with Crippen molar-refractivity contribution >= 4 is 21.6 Å². The van der Waals surface area contributed by atoms with Crippen LogP contribution in [0.4, 0.5) is 5.69 Å². The van der Waals surface area contributed by atoms with Crippen LogP contribution in [0.25, 0.3) is 0 Å². The molecule has 0 N–H and O–H groups in total. The van der Waals surface area contributed by atoms with Gasteiger partial charge >= 0.3 is 0 Å². The van der Waals surface area contributed by atoms with Crippen molar-refractivity contribution in [3.63, 3.8) is 0 Å². The van der Waals surface area contributed by atoms with Crippen LogP contribution in [-0.2, 0) is 0 Å². The molecule has 0 atom stereocenters. The molecular formula is C8H10BrNO. The monoisotopic (exact) mass is 215 g/mol. The highest BCUT2D eigenvalue weighted by Crippen LogP contribution is 2.25. The fourth-order valence-corrected chi connectivity index (χ4v) is 1.77. The Morgan fingerprint density at radius 1 is 1.36 bits per heavy atom. The van der Waals surface area contributed by atoms with Crippen LogP contribution in [0.1, 0.15) is 12.8 Å². The van der Waals surface area contributed by atoms with Gasteiger partial charge in [0.25, 0.3) is 0 Å². The van der Waals surface area contributed by atoms with Crippen LogP contribution in [0.3, 0.4) is 0 Å². The molecule has 1 aliphatic rings. The summed E-state index contributed by atoms with van der Waals surface area (Å²) in [6.45, 7) is 2.35. The average molecular weight is 216 g/mol. The molecular weight excluding hydrogens is 206 g/mol. The molecule has 0 spiro atoms. The molecule has 3 heteroatoms. The first-order valence-electron chi connectivity index (χ1n) is 3.85. The summed E-state index contributed by atoms with van der Waals surface area (Å²) in [5.74, 6) is 0. The zero-order valence-corrected chi connectivity index (χ0v) is 7.80. The van der Waals surface area contributed by atoms with Gasteiger partial charge in [0, 0.05) is 19.2 Å². The minimum Gasteiger partial charge on any atom is -0.455 e. The number of hydrogen-bond donors (Lipinski definition) is 0. The highest BCUT2D eigenvalue weighted by Gasteiger charge is 2.13. The number of halogens is 1. The van der Waals surface area contributed by atoms with Crippen LogP contribution in [0, 0.1) is 0 Å². The van der Waals surface area contributed by atoms with Crippen molar-refractivity contribution in [1.82, 2.24) is 0 Å². The Kier molecular flexibility index (Phi) is 1.90. The normalized spacial score (nSPS) is 17.7. The Balaban J connectivity index is 2.15. The van der Waals surface area contributed by atoms with Crippen molar-refractivity contribution in [1.29, 1.82) is 0 Å². The molecule has 2 heterocycles. The highest BCUT2D eigenvalue weighted by atomic mass is 79.9. The predicted octanol–water partition coefficient (Wildman–Crippen LogP) is 2.64. The average Bonchev–Trinajstić information content (AvgIpc) is 2.55. The van der Waals surface area contributed by atoms with Crippen molar-refractivity contribution in [3.05, 3.63) is 17.0 Å². The molecule has 1 fully saturated rings. The van der Waals surface area contributed by atoms with E-state index in [1.807, 2.05) is 6.07 Å². The largest absolute Gasteiger partial charge is 0.455 e. The first kappa shape index (κ1) is 7.22. The van der Waals surface area contributed by atoms with E-state index < -0.39 is 0 Å². The molecule has 1 saturated heterocycles. The number of furan rings is 1. The standard InChI is InChI=1S/C8H10BrNO/c9-8-5-7(6-11-8)10-3-1-2-4-10/h5-6H,1-4H2.